The van der Waals surface area contributed by atoms with Crippen LogP contribution in [0.15, 0.2) is 12.1 Å². The first-order valence-corrected chi connectivity index (χ1v) is 10.8. The highest BCUT2D eigenvalue weighted by atomic mass is 127. The number of aromatic hydroxyl groups is 1. The number of hydrogen-bond acceptors (Lipinski definition) is 4. The molecule has 0 atom stereocenters. The number of piperidine rings is 1. The third-order valence-corrected chi connectivity index (χ3v) is 6.79. The molecule has 0 unspecified atom stereocenters. The van der Waals surface area contributed by atoms with Crippen LogP contribution >= 0.6 is 45.2 Å². The first-order chi connectivity index (χ1) is 11.5. The van der Waals surface area contributed by atoms with E-state index in [2.05, 4.69) is 50.5 Å². The number of halogens is 2. The largest absolute Gasteiger partial charge is 0.506 e. The molecule has 2 aliphatic rings. The van der Waals surface area contributed by atoms with Gasteiger partial charge in [-0.05, 0) is 89.2 Å². The molecule has 0 radical (unpaired) electrons. The molecule has 2 N–H and O–H groups in total. The summed E-state index contributed by atoms with van der Waals surface area (Å²) in [5, 5.41) is 13.7. The van der Waals surface area contributed by atoms with Gasteiger partial charge >= 0.3 is 5.97 Å². The lowest BCUT2D eigenvalue weighted by atomic mass is 9.72. The number of esters is 1. The molecule has 24 heavy (non-hydrogen) atoms. The summed E-state index contributed by atoms with van der Waals surface area (Å²) < 4.78 is 7.76. The van der Waals surface area contributed by atoms with E-state index < -0.39 is 0 Å². The van der Waals surface area contributed by atoms with Crippen LogP contribution in [0.25, 0.3) is 0 Å². The molecule has 1 aromatic carbocycles. The van der Waals surface area contributed by atoms with Crippen LogP contribution in [0.2, 0.25) is 0 Å². The second-order valence-electron chi connectivity index (χ2n) is 6.82. The predicted octanol–water partition coefficient (Wildman–Crippen LogP) is 4.46. The fourth-order valence-electron chi connectivity index (χ4n) is 4.03. The highest BCUT2D eigenvalue weighted by molar-refractivity contribution is 14.1. The number of nitrogens with one attached hydrogen (secondary N) is 1. The minimum absolute atomic E-state index is 0.0359. The summed E-state index contributed by atoms with van der Waals surface area (Å²) in [6, 6.07) is 3.57. The zero-order chi connectivity index (χ0) is 17.2. The SMILES string of the molecule is O=C(OC1(C2CCCCC2)CCNCC1)c1cc(I)cc(I)c1O. The van der Waals surface area contributed by atoms with Crippen LogP contribution < -0.4 is 5.32 Å². The number of carbonyl (C=O) groups is 1. The molecular formula is C18H23I2NO3. The monoisotopic (exact) mass is 555 g/mol. The zero-order valence-corrected chi connectivity index (χ0v) is 17.9. The van der Waals surface area contributed by atoms with Gasteiger partial charge in [-0.2, -0.15) is 0 Å². The van der Waals surface area contributed by atoms with Crippen LogP contribution in [-0.2, 0) is 4.74 Å². The van der Waals surface area contributed by atoms with Gasteiger partial charge in [-0.3, -0.25) is 0 Å². The number of ether oxygens (including phenoxy) is 1. The molecule has 0 amide bonds. The molecule has 1 aromatic rings. The number of phenols is 1. The third-order valence-electron chi connectivity index (χ3n) is 5.34. The zero-order valence-electron chi connectivity index (χ0n) is 13.6. The Morgan fingerprint density at radius 2 is 1.83 bits per heavy atom. The Hall–Kier alpha value is -0.0900. The standard InChI is InChI=1S/C18H23I2NO3/c19-13-10-14(16(22)15(20)11-13)17(23)24-18(6-8-21-9-7-18)12-4-2-1-3-5-12/h10-12,21-22H,1-9H2. The van der Waals surface area contributed by atoms with Crippen molar-refractivity contribution in [3.8, 4) is 5.75 Å². The first-order valence-electron chi connectivity index (χ1n) is 8.64. The summed E-state index contributed by atoms with van der Waals surface area (Å²) in [4.78, 5) is 12.9. The second-order valence-corrected chi connectivity index (χ2v) is 9.23. The van der Waals surface area contributed by atoms with Gasteiger partial charge in [0.25, 0.3) is 0 Å². The fraction of sp³-hybridized carbons (Fsp3) is 0.611. The summed E-state index contributed by atoms with van der Waals surface area (Å²) in [5.41, 5.74) is -0.0814. The summed E-state index contributed by atoms with van der Waals surface area (Å²) >= 11 is 4.22. The van der Waals surface area contributed by atoms with Crippen LogP contribution in [0, 0.1) is 13.1 Å². The fourth-order valence-corrected chi connectivity index (χ4v) is 5.88. The van der Waals surface area contributed by atoms with Gasteiger partial charge in [-0.25, -0.2) is 4.79 Å². The molecule has 0 aromatic heterocycles. The Labute approximate surface area is 170 Å². The highest BCUT2D eigenvalue weighted by Gasteiger charge is 2.44. The molecular weight excluding hydrogens is 532 g/mol. The van der Waals surface area contributed by atoms with Gasteiger partial charge < -0.3 is 15.2 Å². The maximum atomic E-state index is 12.9. The van der Waals surface area contributed by atoms with Gasteiger partial charge in [-0.15, -0.1) is 0 Å². The van der Waals surface area contributed by atoms with Gasteiger partial charge in [0.05, 0.1) is 3.57 Å². The van der Waals surface area contributed by atoms with Crippen molar-refractivity contribution in [3.05, 3.63) is 24.8 Å². The molecule has 4 nitrogen and oxygen atoms in total. The average molecular weight is 555 g/mol. The van der Waals surface area contributed by atoms with Crippen LogP contribution in [0.5, 0.6) is 5.75 Å². The molecule has 3 rings (SSSR count). The summed E-state index contributed by atoms with van der Waals surface area (Å²) in [6.07, 6.45) is 7.75. The Morgan fingerprint density at radius 1 is 1.17 bits per heavy atom. The quantitative estimate of drug-likeness (QED) is 0.428. The van der Waals surface area contributed by atoms with E-state index in [1.54, 1.807) is 6.07 Å². The molecule has 6 heteroatoms. The van der Waals surface area contributed by atoms with E-state index in [-0.39, 0.29) is 17.3 Å². The lowest BCUT2D eigenvalue weighted by Crippen LogP contribution is -2.51. The van der Waals surface area contributed by atoms with Gasteiger partial charge in [0.15, 0.2) is 0 Å². The van der Waals surface area contributed by atoms with Crippen LogP contribution in [-0.4, -0.2) is 29.8 Å². The van der Waals surface area contributed by atoms with Crippen LogP contribution in [0.3, 0.4) is 0 Å². The number of carbonyl (C=O) groups excluding carboxylic acids is 1. The van der Waals surface area contributed by atoms with Crippen molar-refractivity contribution < 1.29 is 14.6 Å². The topological polar surface area (TPSA) is 58.6 Å². The number of benzene rings is 1. The minimum Gasteiger partial charge on any atom is -0.506 e. The summed E-state index contributed by atoms with van der Waals surface area (Å²) in [5.74, 6) is 0.103. The maximum Gasteiger partial charge on any atom is 0.342 e. The van der Waals surface area contributed by atoms with Crippen molar-refractivity contribution in [3.63, 3.8) is 0 Å². The maximum absolute atomic E-state index is 12.9. The normalized spacial score (nSPS) is 21.4. The predicted molar refractivity (Wildman–Crippen MR) is 110 cm³/mol. The summed E-state index contributed by atoms with van der Waals surface area (Å²) in [7, 11) is 0. The minimum atomic E-state index is -0.378. The Bertz CT molecular complexity index is 609. The summed E-state index contributed by atoms with van der Waals surface area (Å²) in [6.45, 7) is 1.78. The van der Waals surface area contributed by atoms with Crippen molar-refractivity contribution in [1.29, 1.82) is 0 Å². The molecule has 1 aliphatic heterocycles. The van der Waals surface area contributed by atoms with E-state index in [4.69, 9.17) is 4.74 Å². The number of rotatable bonds is 3. The van der Waals surface area contributed by atoms with Gasteiger partial charge in [-0.1, -0.05) is 19.3 Å². The van der Waals surface area contributed by atoms with Crippen molar-refractivity contribution in [2.24, 2.45) is 5.92 Å². The van der Waals surface area contributed by atoms with Gasteiger partial charge in [0.1, 0.15) is 16.9 Å². The molecule has 1 saturated carbocycles. The Morgan fingerprint density at radius 3 is 2.50 bits per heavy atom. The molecule has 1 saturated heterocycles. The van der Waals surface area contributed by atoms with E-state index in [1.807, 2.05) is 6.07 Å². The first kappa shape index (κ1) is 18.7. The highest BCUT2D eigenvalue weighted by Crippen LogP contribution is 2.41. The van der Waals surface area contributed by atoms with E-state index in [9.17, 15) is 9.90 Å². The number of phenolic OH excluding ortho intramolecular Hbond substituents is 1. The Kier molecular flexibility index (Phi) is 6.29. The van der Waals surface area contributed by atoms with Gasteiger partial charge in [0, 0.05) is 16.4 Å². The van der Waals surface area contributed by atoms with Crippen molar-refractivity contribution in [2.45, 2.75) is 50.5 Å². The van der Waals surface area contributed by atoms with E-state index >= 15 is 0 Å². The smallest absolute Gasteiger partial charge is 0.342 e. The molecule has 0 spiro atoms. The third kappa shape index (κ3) is 4.00. The lowest BCUT2D eigenvalue weighted by Gasteiger charge is -2.44. The van der Waals surface area contributed by atoms with Crippen molar-refractivity contribution in [1.82, 2.24) is 5.32 Å². The molecule has 1 aliphatic carbocycles. The number of hydrogen-bond donors (Lipinski definition) is 2. The molecule has 132 valence electrons. The van der Waals surface area contributed by atoms with Crippen molar-refractivity contribution in [2.75, 3.05) is 13.1 Å². The van der Waals surface area contributed by atoms with E-state index in [0.29, 0.717) is 15.1 Å². The van der Waals surface area contributed by atoms with E-state index in [1.165, 1.54) is 19.3 Å². The lowest BCUT2D eigenvalue weighted by molar-refractivity contribution is -0.0776. The molecule has 0 bridgehead atoms. The van der Waals surface area contributed by atoms with Gasteiger partial charge in [0.2, 0.25) is 0 Å². The van der Waals surface area contributed by atoms with Crippen LogP contribution in [0.1, 0.15) is 55.3 Å². The molecule has 2 fully saturated rings. The van der Waals surface area contributed by atoms with Crippen LogP contribution in [0.4, 0.5) is 0 Å². The molecule has 1 heterocycles. The average Bonchev–Trinajstić information content (AvgIpc) is 2.59. The van der Waals surface area contributed by atoms with Crippen molar-refractivity contribution >= 4 is 51.2 Å². The van der Waals surface area contributed by atoms with E-state index in [0.717, 1.165) is 42.3 Å². The second kappa shape index (κ2) is 8.07. The Balaban J connectivity index is 1.86.